The largest absolute Gasteiger partial charge is 0.618 e. The molecule has 94 valence electrons. The van der Waals surface area contributed by atoms with E-state index in [9.17, 15) is 10.3 Å². The van der Waals surface area contributed by atoms with Crippen molar-refractivity contribution in [2.45, 2.75) is 0 Å². The Morgan fingerprint density at radius 2 is 1.95 bits per heavy atom. The summed E-state index contributed by atoms with van der Waals surface area (Å²) >= 11 is 3.34. The maximum atomic E-state index is 12.0. The minimum absolute atomic E-state index is 0.0889. The molecular weight excluding hydrogens is 308 g/mol. The van der Waals surface area contributed by atoms with E-state index in [1.165, 1.54) is 6.20 Å². The van der Waals surface area contributed by atoms with Crippen LogP contribution in [0.3, 0.4) is 0 Å². The van der Waals surface area contributed by atoms with Gasteiger partial charge in [0.25, 0.3) is 0 Å². The number of hydrogen-bond acceptors (Lipinski definition) is 3. The maximum Gasteiger partial charge on any atom is 0.242 e. The Morgan fingerprint density at radius 1 is 1.16 bits per heavy atom. The van der Waals surface area contributed by atoms with Crippen LogP contribution in [0.25, 0.3) is 22.3 Å². The van der Waals surface area contributed by atoms with Gasteiger partial charge in [-0.1, -0.05) is 28.1 Å². The van der Waals surface area contributed by atoms with Gasteiger partial charge in [-0.3, -0.25) is 0 Å². The Morgan fingerprint density at radius 3 is 2.79 bits per heavy atom. The van der Waals surface area contributed by atoms with Gasteiger partial charge in [0, 0.05) is 16.1 Å². The molecule has 0 aliphatic heterocycles. The van der Waals surface area contributed by atoms with Crippen LogP contribution in [0.5, 0.6) is 5.75 Å². The summed E-state index contributed by atoms with van der Waals surface area (Å²) in [7, 11) is 0. The smallest absolute Gasteiger partial charge is 0.242 e. The molecule has 0 amide bonds. The number of rotatable bonds is 1. The standard InChI is InChI=1S/C14H9BrN2O2/c15-9-5-6-14(18)10(7-9)12-8-17(19)13-4-2-1-3-11(13)16-12/h1-8,18H. The van der Waals surface area contributed by atoms with E-state index >= 15 is 0 Å². The highest BCUT2D eigenvalue weighted by molar-refractivity contribution is 9.10. The summed E-state index contributed by atoms with van der Waals surface area (Å²) in [5, 5.41) is 21.8. The van der Waals surface area contributed by atoms with Crippen molar-refractivity contribution in [3.8, 4) is 17.0 Å². The fraction of sp³-hybridized carbons (Fsp3) is 0. The molecule has 3 rings (SSSR count). The molecule has 1 N–H and O–H groups in total. The van der Waals surface area contributed by atoms with Crippen LogP contribution >= 0.6 is 15.9 Å². The van der Waals surface area contributed by atoms with Gasteiger partial charge in [-0.15, -0.1) is 0 Å². The second kappa shape index (κ2) is 4.51. The van der Waals surface area contributed by atoms with Crippen LogP contribution in [-0.4, -0.2) is 10.1 Å². The summed E-state index contributed by atoms with van der Waals surface area (Å²) in [4.78, 5) is 4.41. The van der Waals surface area contributed by atoms with E-state index in [1.807, 2.05) is 6.07 Å². The van der Waals surface area contributed by atoms with Gasteiger partial charge >= 0.3 is 0 Å². The van der Waals surface area contributed by atoms with Crippen molar-refractivity contribution in [3.63, 3.8) is 0 Å². The molecule has 0 aliphatic carbocycles. The summed E-state index contributed by atoms with van der Waals surface area (Å²) in [6.07, 6.45) is 1.36. The summed E-state index contributed by atoms with van der Waals surface area (Å²) in [6, 6.07) is 12.1. The molecule has 0 aliphatic rings. The molecule has 0 saturated carbocycles. The third-order valence-electron chi connectivity index (χ3n) is 2.83. The van der Waals surface area contributed by atoms with Gasteiger partial charge in [0.15, 0.2) is 0 Å². The number of aromatic nitrogens is 2. The van der Waals surface area contributed by atoms with Gasteiger partial charge in [0.1, 0.15) is 17.0 Å². The van der Waals surface area contributed by atoms with Crippen LogP contribution in [0.1, 0.15) is 0 Å². The molecule has 0 spiro atoms. The van der Waals surface area contributed by atoms with Gasteiger partial charge in [0.2, 0.25) is 11.7 Å². The SMILES string of the molecule is [O-][n+]1cc(-c2cc(Br)ccc2O)nc2ccccc21. The highest BCUT2D eigenvalue weighted by atomic mass is 79.9. The lowest BCUT2D eigenvalue weighted by Gasteiger charge is -2.06. The molecule has 4 nitrogen and oxygen atoms in total. The normalized spacial score (nSPS) is 10.8. The molecule has 19 heavy (non-hydrogen) atoms. The van der Waals surface area contributed by atoms with Crippen LogP contribution in [-0.2, 0) is 0 Å². The molecular formula is C14H9BrN2O2. The third kappa shape index (κ3) is 2.13. The van der Waals surface area contributed by atoms with Crippen molar-refractivity contribution in [1.29, 1.82) is 0 Å². The molecule has 0 atom stereocenters. The van der Waals surface area contributed by atoms with E-state index in [2.05, 4.69) is 20.9 Å². The van der Waals surface area contributed by atoms with Crippen molar-refractivity contribution in [2.75, 3.05) is 0 Å². The minimum atomic E-state index is 0.0889. The van der Waals surface area contributed by atoms with E-state index in [4.69, 9.17) is 0 Å². The number of halogens is 1. The van der Waals surface area contributed by atoms with Crippen LogP contribution in [0.2, 0.25) is 0 Å². The van der Waals surface area contributed by atoms with Gasteiger partial charge in [-0.2, -0.15) is 4.73 Å². The Kier molecular flexibility index (Phi) is 2.83. The lowest BCUT2D eigenvalue weighted by Crippen LogP contribution is -2.27. The van der Waals surface area contributed by atoms with E-state index < -0.39 is 0 Å². The summed E-state index contributed by atoms with van der Waals surface area (Å²) in [5.41, 5.74) is 2.05. The molecule has 2 aromatic carbocycles. The first kappa shape index (κ1) is 11.9. The van der Waals surface area contributed by atoms with Crippen molar-refractivity contribution in [1.82, 2.24) is 4.98 Å². The van der Waals surface area contributed by atoms with Crippen molar-refractivity contribution in [2.24, 2.45) is 0 Å². The fourth-order valence-electron chi connectivity index (χ4n) is 1.93. The average Bonchev–Trinajstić information content (AvgIpc) is 2.41. The lowest BCUT2D eigenvalue weighted by molar-refractivity contribution is -0.576. The molecule has 3 aromatic rings. The number of para-hydroxylation sites is 2. The van der Waals surface area contributed by atoms with Crippen LogP contribution in [0.4, 0.5) is 0 Å². The Balaban J connectivity index is 2.28. The molecule has 0 bridgehead atoms. The van der Waals surface area contributed by atoms with Crippen LogP contribution < -0.4 is 4.73 Å². The van der Waals surface area contributed by atoms with E-state index in [-0.39, 0.29) is 5.75 Å². The Bertz CT molecular complexity index is 774. The molecule has 5 heteroatoms. The minimum Gasteiger partial charge on any atom is -0.618 e. The van der Waals surface area contributed by atoms with Crippen LogP contribution in [0, 0.1) is 5.21 Å². The number of aromatic hydroxyl groups is 1. The number of benzene rings is 2. The lowest BCUT2D eigenvalue weighted by atomic mass is 10.1. The van der Waals surface area contributed by atoms with Gasteiger partial charge in [-0.25, -0.2) is 4.98 Å². The fourth-order valence-corrected chi connectivity index (χ4v) is 2.29. The zero-order valence-corrected chi connectivity index (χ0v) is 11.3. The molecule has 0 fully saturated rings. The van der Waals surface area contributed by atoms with E-state index in [1.54, 1.807) is 36.4 Å². The molecule has 0 saturated heterocycles. The van der Waals surface area contributed by atoms with Gasteiger partial charge < -0.3 is 10.3 Å². The molecule has 1 aromatic heterocycles. The number of nitrogens with zero attached hydrogens (tertiary/aromatic N) is 2. The third-order valence-corrected chi connectivity index (χ3v) is 3.33. The quantitative estimate of drug-likeness (QED) is 0.554. The predicted octanol–water partition coefficient (Wildman–Crippen LogP) is 3.00. The first-order chi connectivity index (χ1) is 9.15. The number of phenolic OH excluding ortho intramolecular Hbond substituents is 1. The van der Waals surface area contributed by atoms with Gasteiger partial charge in [0.05, 0.1) is 0 Å². The Hall–Kier alpha value is -2.14. The highest BCUT2D eigenvalue weighted by Crippen LogP contribution is 2.30. The molecule has 0 radical (unpaired) electrons. The summed E-state index contributed by atoms with van der Waals surface area (Å²) in [5.74, 6) is 0.0889. The molecule has 0 unspecified atom stereocenters. The van der Waals surface area contributed by atoms with E-state index in [0.717, 1.165) is 9.20 Å². The second-order valence-corrected chi connectivity index (χ2v) is 5.02. The number of phenols is 1. The monoisotopic (exact) mass is 316 g/mol. The Labute approximate surface area is 117 Å². The number of hydrogen-bond donors (Lipinski definition) is 1. The zero-order chi connectivity index (χ0) is 13.4. The van der Waals surface area contributed by atoms with E-state index in [0.29, 0.717) is 22.3 Å². The number of fused-ring (bicyclic) bond motifs is 1. The first-order valence-corrected chi connectivity index (χ1v) is 6.42. The van der Waals surface area contributed by atoms with Gasteiger partial charge in [-0.05, 0) is 24.3 Å². The first-order valence-electron chi connectivity index (χ1n) is 5.63. The summed E-state index contributed by atoms with van der Waals surface area (Å²) < 4.78 is 1.57. The topological polar surface area (TPSA) is 60.1 Å². The highest BCUT2D eigenvalue weighted by Gasteiger charge is 2.13. The average molecular weight is 317 g/mol. The van der Waals surface area contributed by atoms with Crippen molar-refractivity contribution >= 4 is 27.0 Å². The maximum absolute atomic E-state index is 12.0. The second-order valence-electron chi connectivity index (χ2n) is 4.10. The van der Waals surface area contributed by atoms with Crippen molar-refractivity contribution < 1.29 is 9.84 Å². The van der Waals surface area contributed by atoms with Crippen molar-refractivity contribution in [3.05, 3.63) is 58.3 Å². The van der Waals surface area contributed by atoms with Crippen LogP contribution in [0.15, 0.2) is 53.1 Å². The predicted molar refractivity (Wildman–Crippen MR) is 75.5 cm³/mol. The summed E-state index contributed by atoms with van der Waals surface area (Å²) in [6.45, 7) is 0. The molecule has 1 heterocycles. The zero-order valence-electron chi connectivity index (χ0n) is 9.75.